The third-order valence-electron chi connectivity index (χ3n) is 1.08. The van der Waals surface area contributed by atoms with Crippen LogP contribution in [0.2, 0.25) is 0 Å². The smallest absolute Gasteiger partial charge is 0.545 e. The van der Waals surface area contributed by atoms with Crippen LogP contribution in [0.3, 0.4) is 0 Å². The molecule has 0 radical (unpaired) electrons. The number of hydrogen-bond acceptors (Lipinski definition) is 4. The summed E-state index contributed by atoms with van der Waals surface area (Å²) in [5.41, 5.74) is 0. The molecule has 0 N–H and O–H groups in total. The zero-order valence-corrected chi connectivity index (χ0v) is 11.3. The van der Waals surface area contributed by atoms with Crippen LogP contribution >= 0.6 is 0 Å². The molecule has 0 aromatic rings. The van der Waals surface area contributed by atoms with Gasteiger partial charge in [0.15, 0.2) is 0 Å². The van der Waals surface area contributed by atoms with E-state index in [0.717, 1.165) is 18.9 Å². The average Bonchev–Trinajstić information content (AvgIpc) is 2.19. The molecule has 0 spiro atoms. The molecule has 4 nitrogen and oxygen atoms in total. The summed E-state index contributed by atoms with van der Waals surface area (Å²) in [5.74, 6) is -1.56. The number of unbranched alkanes of at least 4 members (excludes halogenated alkanes) is 1. The van der Waals surface area contributed by atoms with Crippen LogP contribution in [0, 0.1) is 0 Å². The van der Waals surface area contributed by atoms with Crippen LogP contribution in [0.1, 0.15) is 19.8 Å². The van der Waals surface area contributed by atoms with Gasteiger partial charge in [-0.3, -0.25) is 0 Å². The number of esters is 1. The Balaban J connectivity index is -0.000000208. The van der Waals surface area contributed by atoms with E-state index in [-0.39, 0.29) is 35.5 Å². The molecule has 0 aliphatic rings. The summed E-state index contributed by atoms with van der Waals surface area (Å²) in [6.45, 7) is 8.72. The van der Waals surface area contributed by atoms with Crippen molar-refractivity contribution in [3.05, 3.63) is 25.3 Å². The van der Waals surface area contributed by atoms with E-state index in [1.54, 1.807) is 0 Å². The number of carboxylic acids is 1. The first-order valence-corrected chi connectivity index (χ1v) is 4.21. The van der Waals surface area contributed by atoms with Crippen LogP contribution in [0.4, 0.5) is 0 Å². The minimum atomic E-state index is -1.23. The van der Waals surface area contributed by atoms with Crippen molar-refractivity contribution < 1.29 is 49.0 Å². The number of carbonyl (C=O) groups is 2. The molecule has 15 heavy (non-hydrogen) atoms. The van der Waals surface area contributed by atoms with Gasteiger partial charge in [0.1, 0.15) is 0 Å². The van der Waals surface area contributed by atoms with Gasteiger partial charge in [0.05, 0.1) is 12.6 Å². The number of hydrogen-bond donors (Lipinski definition) is 0. The Kier molecular flexibility index (Phi) is 21.1. The summed E-state index contributed by atoms with van der Waals surface area (Å²) in [5, 5.41) is 9.14. The van der Waals surface area contributed by atoms with Crippen LogP contribution in [0.15, 0.2) is 25.3 Å². The molecule has 0 amide bonds. The van der Waals surface area contributed by atoms with E-state index in [4.69, 9.17) is 9.90 Å². The predicted molar refractivity (Wildman–Crippen MR) is 51.3 cm³/mol. The minimum Gasteiger partial charge on any atom is -0.545 e. The van der Waals surface area contributed by atoms with Crippen LogP contribution < -0.4 is 34.7 Å². The van der Waals surface area contributed by atoms with Crippen LogP contribution in [0.5, 0.6) is 0 Å². The molecule has 80 valence electrons. The van der Waals surface area contributed by atoms with E-state index < -0.39 is 5.97 Å². The summed E-state index contributed by atoms with van der Waals surface area (Å²) in [6.07, 6.45) is 3.87. The van der Waals surface area contributed by atoms with Crippen LogP contribution in [-0.4, -0.2) is 18.5 Å². The van der Waals surface area contributed by atoms with Crippen molar-refractivity contribution in [3.8, 4) is 0 Å². The summed E-state index contributed by atoms with van der Waals surface area (Å²) < 4.78 is 4.67. The fourth-order valence-electron chi connectivity index (χ4n) is 0.376. The van der Waals surface area contributed by atoms with Crippen molar-refractivity contribution in [1.29, 1.82) is 0 Å². The van der Waals surface area contributed by atoms with Gasteiger partial charge in [-0.05, 0) is 12.5 Å². The van der Waals surface area contributed by atoms with E-state index in [2.05, 4.69) is 17.9 Å². The van der Waals surface area contributed by atoms with E-state index in [0.29, 0.717) is 6.61 Å². The average molecular weight is 222 g/mol. The largest absolute Gasteiger partial charge is 1.00 e. The normalized spacial score (nSPS) is 7.27. The Morgan fingerprint density at radius 1 is 1.33 bits per heavy atom. The van der Waals surface area contributed by atoms with Gasteiger partial charge in [-0.2, -0.15) is 0 Å². The second-order valence-corrected chi connectivity index (χ2v) is 2.25. The van der Waals surface area contributed by atoms with Crippen molar-refractivity contribution in [3.63, 3.8) is 0 Å². The molecule has 0 unspecified atom stereocenters. The Labute approximate surface area is 112 Å². The van der Waals surface area contributed by atoms with Crippen molar-refractivity contribution >= 4 is 11.9 Å². The fourth-order valence-corrected chi connectivity index (χ4v) is 0.376. The number of ether oxygens (including phenoxy) is 1. The third kappa shape index (κ3) is 24.7. The van der Waals surface area contributed by atoms with Crippen molar-refractivity contribution in [2.75, 3.05) is 6.61 Å². The van der Waals surface area contributed by atoms with Gasteiger partial charge in [-0.15, -0.1) is 0 Å². The van der Waals surface area contributed by atoms with Crippen LogP contribution in [0.25, 0.3) is 0 Å². The maximum absolute atomic E-state index is 10.3. The van der Waals surface area contributed by atoms with Gasteiger partial charge in [0, 0.05) is 6.08 Å². The summed E-state index contributed by atoms with van der Waals surface area (Å²) in [6, 6.07) is 0. The molecular formula is C10H15NaO4. The minimum absolute atomic E-state index is 0. The molecular weight excluding hydrogens is 207 g/mol. The number of carboxylic acid groups (broad SMARTS) is 1. The monoisotopic (exact) mass is 222 g/mol. The third-order valence-corrected chi connectivity index (χ3v) is 1.08. The molecule has 0 aromatic heterocycles. The van der Waals surface area contributed by atoms with E-state index in [1.807, 2.05) is 6.92 Å². The zero-order chi connectivity index (χ0) is 11.4. The first kappa shape index (κ1) is 19.9. The molecule has 0 saturated carbocycles. The molecule has 0 fully saturated rings. The van der Waals surface area contributed by atoms with Crippen molar-refractivity contribution in [2.45, 2.75) is 19.8 Å². The molecule has 0 saturated heterocycles. The van der Waals surface area contributed by atoms with Crippen LogP contribution in [-0.2, 0) is 14.3 Å². The quantitative estimate of drug-likeness (QED) is 0.222. The van der Waals surface area contributed by atoms with Gasteiger partial charge in [-0.25, -0.2) is 4.79 Å². The fraction of sp³-hybridized carbons (Fsp3) is 0.400. The SMILES string of the molecule is C=CC(=O)OCCCC.C=CC(=O)[O-].[Na+]. The summed E-state index contributed by atoms with van der Waals surface area (Å²) in [4.78, 5) is 19.5. The second-order valence-electron chi connectivity index (χ2n) is 2.25. The summed E-state index contributed by atoms with van der Waals surface area (Å²) in [7, 11) is 0. The van der Waals surface area contributed by atoms with Crippen molar-refractivity contribution in [1.82, 2.24) is 0 Å². The Morgan fingerprint density at radius 2 is 1.80 bits per heavy atom. The van der Waals surface area contributed by atoms with E-state index in [9.17, 15) is 4.79 Å². The zero-order valence-electron chi connectivity index (χ0n) is 9.32. The first-order chi connectivity index (χ1) is 6.58. The molecule has 0 rings (SSSR count). The van der Waals surface area contributed by atoms with Gasteiger partial charge in [0.2, 0.25) is 0 Å². The second kappa shape index (κ2) is 15.9. The topological polar surface area (TPSA) is 66.4 Å². The van der Waals surface area contributed by atoms with E-state index >= 15 is 0 Å². The maximum Gasteiger partial charge on any atom is 1.00 e. The molecule has 0 atom stereocenters. The molecule has 0 aliphatic heterocycles. The molecule has 0 aromatic carbocycles. The number of carbonyl (C=O) groups excluding carboxylic acids is 2. The predicted octanol–water partition coefficient (Wildman–Crippen LogP) is -2.56. The maximum atomic E-state index is 10.3. The van der Waals surface area contributed by atoms with Gasteiger partial charge >= 0.3 is 35.5 Å². The Morgan fingerprint density at radius 3 is 2.07 bits per heavy atom. The molecule has 0 bridgehead atoms. The summed E-state index contributed by atoms with van der Waals surface area (Å²) >= 11 is 0. The van der Waals surface area contributed by atoms with Gasteiger partial charge in [0.25, 0.3) is 0 Å². The van der Waals surface area contributed by atoms with Crippen molar-refractivity contribution in [2.24, 2.45) is 0 Å². The standard InChI is InChI=1S/C7H12O2.C3H4O2.Na/c1-3-5-6-9-7(8)4-2;1-2-3(4)5;/h4H,2-3,5-6H2,1H3;2H,1H2,(H,4,5);/q;;+1/p-1. The Bertz CT molecular complexity index is 202. The molecule has 5 heteroatoms. The first-order valence-electron chi connectivity index (χ1n) is 4.21. The van der Waals surface area contributed by atoms with E-state index in [1.165, 1.54) is 6.08 Å². The molecule has 0 aliphatic carbocycles. The number of rotatable bonds is 5. The number of aliphatic carboxylic acids is 1. The van der Waals surface area contributed by atoms with Gasteiger partial charge < -0.3 is 14.6 Å². The van der Waals surface area contributed by atoms with Gasteiger partial charge in [-0.1, -0.05) is 26.5 Å². The molecule has 0 heterocycles. The Hall–Kier alpha value is -0.580.